The minimum Gasteiger partial charge on any atom is -0.508 e. The molecule has 0 spiro atoms. The summed E-state index contributed by atoms with van der Waals surface area (Å²) in [6.07, 6.45) is 7.98. The van der Waals surface area contributed by atoms with Crippen LogP contribution < -0.4 is 0 Å². The molecule has 148 valence electrons. The average Bonchev–Trinajstić information content (AvgIpc) is 2.92. The summed E-state index contributed by atoms with van der Waals surface area (Å²) >= 11 is 0. The van der Waals surface area contributed by atoms with Crippen LogP contribution in [0.15, 0.2) is 18.2 Å². The van der Waals surface area contributed by atoms with Gasteiger partial charge in [0.15, 0.2) is 0 Å². The number of aliphatic carboxylic acids is 1. The van der Waals surface area contributed by atoms with E-state index in [1.165, 1.54) is 30.4 Å². The number of hydrogen-bond acceptors (Lipinski definition) is 3. The highest BCUT2D eigenvalue weighted by atomic mass is 16.5. The van der Waals surface area contributed by atoms with Crippen LogP contribution in [-0.4, -0.2) is 29.4 Å². The fourth-order valence-electron chi connectivity index (χ4n) is 6.98. The van der Waals surface area contributed by atoms with Gasteiger partial charge in [-0.3, -0.25) is 4.79 Å². The fraction of sp³-hybridized carbons (Fsp3) is 0.696. The van der Waals surface area contributed by atoms with Gasteiger partial charge in [-0.25, -0.2) is 0 Å². The monoisotopic (exact) mass is 372 g/mol. The molecule has 2 N–H and O–H groups in total. The van der Waals surface area contributed by atoms with Crippen LogP contribution in [0.25, 0.3) is 0 Å². The molecule has 0 radical (unpaired) electrons. The highest BCUT2D eigenvalue weighted by molar-refractivity contribution is 5.66. The van der Waals surface area contributed by atoms with Crippen molar-refractivity contribution in [2.45, 2.75) is 70.3 Å². The number of methoxy groups -OCH3 is 1. The second kappa shape index (κ2) is 7.12. The van der Waals surface area contributed by atoms with Crippen molar-refractivity contribution in [1.82, 2.24) is 0 Å². The SMILES string of the molecule is CO[C@H]1C[C@@H](CCCC(=O)O)C2C3CCc4cc(O)ccc4C3CC[C@@]21C. The number of ether oxygens (including phenoxy) is 1. The first-order valence-electron chi connectivity index (χ1n) is 10.5. The van der Waals surface area contributed by atoms with Gasteiger partial charge in [0.2, 0.25) is 0 Å². The summed E-state index contributed by atoms with van der Waals surface area (Å²) < 4.78 is 5.96. The Morgan fingerprint density at radius 1 is 1.33 bits per heavy atom. The predicted molar refractivity (Wildman–Crippen MR) is 104 cm³/mol. The third-order valence-electron chi connectivity index (χ3n) is 8.02. The van der Waals surface area contributed by atoms with Gasteiger partial charge in [0, 0.05) is 13.5 Å². The van der Waals surface area contributed by atoms with Crippen molar-refractivity contribution < 1.29 is 19.7 Å². The zero-order valence-electron chi connectivity index (χ0n) is 16.5. The molecular weight excluding hydrogens is 340 g/mol. The number of rotatable bonds is 5. The van der Waals surface area contributed by atoms with Gasteiger partial charge in [-0.05, 0) is 97.3 Å². The van der Waals surface area contributed by atoms with Crippen molar-refractivity contribution in [2.75, 3.05) is 7.11 Å². The van der Waals surface area contributed by atoms with E-state index in [0.717, 1.165) is 25.7 Å². The van der Waals surface area contributed by atoms with Crippen molar-refractivity contribution in [1.29, 1.82) is 0 Å². The molecular formula is C23H32O4. The maximum Gasteiger partial charge on any atom is 0.303 e. The minimum absolute atomic E-state index is 0.207. The number of benzene rings is 1. The van der Waals surface area contributed by atoms with Crippen LogP contribution in [0.3, 0.4) is 0 Å². The van der Waals surface area contributed by atoms with Crippen LogP contribution in [0.4, 0.5) is 0 Å². The molecule has 4 nitrogen and oxygen atoms in total. The molecule has 27 heavy (non-hydrogen) atoms. The molecule has 0 heterocycles. The van der Waals surface area contributed by atoms with E-state index in [9.17, 15) is 9.90 Å². The van der Waals surface area contributed by atoms with E-state index in [-0.39, 0.29) is 11.8 Å². The number of fused-ring (bicyclic) bond motifs is 5. The zero-order chi connectivity index (χ0) is 19.2. The topological polar surface area (TPSA) is 66.8 Å². The van der Waals surface area contributed by atoms with Crippen LogP contribution >= 0.6 is 0 Å². The third kappa shape index (κ3) is 3.16. The average molecular weight is 373 g/mol. The Morgan fingerprint density at radius 2 is 2.15 bits per heavy atom. The lowest BCUT2D eigenvalue weighted by Crippen LogP contribution is -2.45. The van der Waals surface area contributed by atoms with E-state index in [2.05, 4.69) is 13.0 Å². The largest absolute Gasteiger partial charge is 0.508 e. The van der Waals surface area contributed by atoms with Crippen LogP contribution in [0.2, 0.25) is 0 Å². The molecule has 3 aliphatic rings. The molecule has 4 rings (SSSR count). The molecule has 2 fully saturated rings. The molecule has 3 unspecified atom stereocenters. The molecule has 0 amide bonds. The smallest absolute Gasteiger partial charge is 0.303 e. The lowest BCUT2D eigenvalue weighted by molar-refractivity contribution is -0.137. The van der Waals surface area contributed by atoms with Crippen molar-refractivity contribution in [3.63, 3.8) is 0 Å². The highest BCUT2D eigenvalue weighted by Gasteiger charge is 2.58. The Hall–Kier alpha value is -1.55. The summed E-state index contributed by atoms with van der Waals surface area (Å²) in [7, 11) is 1.84. The molecule has 0 saturated heterocycles. The maximum absolute atomic E-state index is 11.0. The maximum atomic E-state index is 11.0. The van der Waals surface area contributed by atoms with E-state index in [1.807, 2.05) is 19.2 Å². The molecule has 0 aliphatic heterocycles. The molecule has 0 aromatic heterocycles. The van der Waals surface area contributed by atoms with E-state index in [0.29, 0.717) is 35.5 Å². The van der Waals surface area contributed by atoms with Crippen molar-refractivity contribution in [3.8, 4) is 5.75 Å². The molecule has 0 bridgehead atoms. The number of hydrogen-bond donors (Lipinski definition) is 2. The Kier molecular flexibility index (Phi) is 4.96. The molecule has 1 aromatic rings. The number of carboxylic acids is 1. The second-order valence-corrected chi connectivity index (χ2v) is 9.27. The summed E-state index contributed by atoms with van der Waals surface area (Å²) in [5, 5.41) is 18.9. The van der Waals surface area contributed by atoms with Gasteiger partial charge in [0.1, 0.15) is 5.75 Å². The van der Waals surface area contributed by atoms with Gasteiger partial charge in [0.25, 0.3) is 0 Å². The van der Waals surface area contributed by atoms with Crippen LogP contribution in [-0.2, 0) is 16.0 Å². The van der Waals surface area contributed by atoms with E-state index in [4.69, 9.17) is 9.84 Å². The predicted octanol–water partition coefficient (Wildman–Crippen LogP) is 4.74. The first kappa shape index (κ1) is 18.8. The number of phenolic OH excluding ortho intramolecular Hbond substituents is 1. The van der Waals surface area contributed by atoms with Crippen molar-refractivity contribution in [2.24, 2.45) is 23.2 Å². The van der Waals surface area contributed by atoms with E-state index in [1.54, 1.807) is 0 Å². The normalized spacial score (nSPS) is 37.3. The minimum atomic E-state index is -0.688. The molecule has 3 aliphatic carbocycles. The molecule has 1 aromatic carbocycles. The third-order valence-corrected chi connectivity index (χ3v) is 8.02. The summed E-state index contributed by atoms with van der Waals surface area (Å²) in [4.78, 5) is 11.0. The Morgan fingerprint density at radius 3 is 2.89 bits per heavy atom. The van der Waals surface area contributed by atoms with Gasteiger partial charge in [-0.1, -0.05) is 13.0 Å². The zero-order valence-corrected chi connectivity index (χ0v) is 16.5. The number of aromatic hydroxyl groups is 1. The lowest BCUT2D eigenvalue weighted by atomic mass is 9.53. The lowest BCUT2D eigenvalue weighted by Gasteiger charge is -2.52. The summed E-state index contributed by atoms with van der Waals surface area (Å²) in [6, 6.07) is 5.94. The fourth-order valence-corrected chi connectivity index (χ4v) is 6.98. The number of aryl methyl sites for hydroxylation is 1. The number of phenols is 1. The standard InChI is InChI=1S/C23H32O4/c1-23-11-10-18-17-9-7-16(24)12-14(17)6-8-19(18)22(23)15(13-20(23)27-2)4-3-5-21(25)26/h7,9,12,15,18-20,22,24H,3-6,8,10-11,13H2,1-2H3,(H,25,26)/t15-,18?,19?,20+,22?,23-/m1/s1. The van der Waals surface area contributed by atoms with Gasteiger partial charge in [0.05, 0.1) is 6.10 Å². The summed E-state index contributed by atoms with van der Waals surface area (Å²) in [6.45, 7) is 2.42. The van der Waals surface area contributed by atoms with Gasteiger partial charge < -0.3 is 14.9 Å². The van der Waals surface area contributed by atoms with Crippen LogP contribution in [0, 0.1) is 23.2 Å². The van der Waals surface area contributed by atoms with Crippen molar-refractivity contribution in [3.05, 3.63) is 29.3 Å². The Balaban J connectivity index is 1.62. The second-order valence-electron chi connectivity index (χ2n) is 9.27. The number of carbonyl (C=O) groups is 1. The van der Waals surface area contributed by atoms with Crippen LogP contribution in [0.5, 0.6) is 5.75 Å². The molecule has 4 heteroatoms. The van der Waals surface area contributed by atoms with Crippen molar-refractivity contribution >= 4 is 5.97 Å². The van der Waals surface area contributed by atoms with Gasteiger partial charge in [-0.15, -0.1) is 0 Å². The van der Waals surface area contributed by atoms with E-state index < -0.39 is 5.97 Å². The first-order chi connectivity index (χ1) is 12.9. The quantitative estimate of drug-likeness (QED) is 0.783. The van der Waals surface area contributed by atoms with E-state index >= 15 is 0 Å². The Bertz CT molecular complexity index is 714. The Labute approximate surface area is 161 Å². The highest BCUT2D eigenvalue weighted by Crippen LogP contribution is 2.64. The number of carboxylic acid groups (broad SMARTS) is 1. The summed E-state index contributed by atoms with van der Waals surface area (Å²) in [5.74, 6) is 2.08. The van der Waals surface area contributed by atoms with Gasteiger partial charge in [-0.2, -0.15) is 0 Å². The molecule has 6 atom stereocenters. The molecule has 2 saturated carbocycles. The first-order valence-corrected chi connectivity index (χ1v) is 10.5. The van der Waals surface area contributed by atoms with Crippen LogP contribution in [0.1, 0.15) is 68.9 Å². The summed E-state index contributed by atoms with van der Waals surface area (Å²) in [5.41, 5.74) is 2.97. The van der Waals surface area contributed by atoms with Gasteiger partial charge >= 0.3 is 5.97 Å².